The molecule has 1 aromatic rings. The number of carboxylic acid groups (broad SMARTS) is 1. The van der Waals surface area contributed by atoms with E-state index in [4.69, 9.17) is 4.98 Å². The zero-order chi connectivity index (χ0) is 25.5. The molecule has 4 rings (SSSR count). The van der Waals surface area contributed by atoms with Gasteiger partial charge in [0.25, 0.3) is 0 Å². The zero-order valence-corrected chi connectivity index (χ0v) is 22.4. The number of fused-ring (bicyclic) bond motifs is 1. The van der Waals surface area contributed by atoms with Crippen LogP contribution in [0.2, 0.25) is 0 Å². The molecule has 36 heavy (non-hydrogen) atoms. The van der Waals surface area contributed by atoms with E-state index in [1.807, 2.05) is 0 Å². The Kier molecular flexibility index (Phi) is 9.26. The van der Waals surface area contributed by atoms with E-state index in [0.29, 0.717) is 30.2 Å². The Balaban J connectivity index is 1.18. The molecule has 200 valence electrons. The number of hydrogen-bond donors (Lipinski definition) is 3. The quantitative estimate of drug-likeness (QED) is 0.339. The van der Waals surface area contributed by atoms with Gasteiger partial charge >= 0.3 is 5.97 Å². The van der Waals surface area contributed by atoms with Gasteiger partial charge in [-0.15, -0.1) is 0 Å². The number of unbranched alkanes of at least 4 members (excludes halogenated alkanes) is 1. The molecule has 1 unspecified atom stereocenters. The van der Waals surface area contributed by atoms with E-state index in [9.17, 15) is 14.7 Å². The van der Waals surface area contributed by atoms with E-state index in [0.717, 1.165) is 82.5 Å². The lowest BCUT2D eigenvalue weighted by Gasteiger charge is -2.34. The van der Waals surface area contributed by atoms with Crippen LogP contribution in [0.1, 0.15) is 95.7 Å². The van der Waals surface area contributed by atoms with Crippen molar-refractivity contribution in [2.75, 3.05) is 25.0 Å². The summed E-state index contributed by atoms with van der Waals surface area (Å²) < 4.78 is 0. The van der Waals surface area contributed by atoms with Crippen LogP contribution in [0.5, 0.6) is 0 Å². The van der Waals surface area contributed by atoms with E-state index in [1.54, 1.807) is 0 Å². The molecule has 2 heterocycles. The second-order valence-electron chi connectivity index (χ2n) is 12.1. The standard InChI is InChI=1S/C29H46N4O3/c1-29(2)15-12-21(13-16-29)20-26(34)32-25(28(35)36)14-19-33(24-10-11-24)18-4-3-7-23-9-8-22-6-5-17-30-27(22)31-23/h8-9,21,24-25H,3-7,10-20H2,1-2H3,(H,30,31)(H,32,34)(H,35,36). The van der Waals surface area contributed by atoms with Crippen molar-refractivity contribution in [2.24, 2.45) is 11.3 Å². The third-order valence-corrected chi connectivity index (χ3v) is 8.41. The van der Waals surface area contributed by atoms with Gasteiger partial charge in [0.1, 0.15) is 11.9 Å². The van der Waals surface area contributed by atoms with E-state index in [-0.39, 0.29) is 5.91 Å². The van der Waals surface area contributed by atoms with Crippen LogP contribution in [0.3, 0.4) is 0 Å². The number of rotatable bonds is 13. The van der Waals surface area contributed by atoms with Crippen LogP contribution in [0.4, 0.5) is 5.82 Å². The largest absolute Gasteiger partial charge is 0.480 e. The molecule has 0 radical (unpaired) electrons. The lowest BCUT2D eigenvalue weighted by atomic mass is 9.72. The summed E-state index contributed by atoms with van der Waals surface area (Å²) in [7, 11) is 0. The van der Waals surface area contributed by atoms with Gasteiger partial charge in [-0.2, -0.15) is 0 Å². The second-order valence-corrected chi connectivity index (χ2v) is 12.1. The second kappa shape index (κ2) is 12.4. The van der Waals surface area contributed by atoms with Crippen molar-refractivity contribution in [1.82, 2.24) is 15.2 Å². The third kappa shape index (κ3) is 8.19. The van der Waals surface area contributed by atoms with Gasteiger partial charge < -0.3 is 20.6 Å². The van der Waals surface area contributed by atoms with Crippen LogP contribution in [-0.2, 0) is 22.4 Å². The zero-order valence-electron chi connectivity index (χ0n) is 22.4. The molecule has 1 aromatic heterocycles. The minimum Gasteiger partial charge on any atom is -0.480 e. The molecule has 2 aliphatic carbocycles. The van der Waals surface area contributed by atoms with E-state index in [1.165, 1.54) is 24.8 Å². The Hall–Kier alpha value is -2.15. The van der Waals surface area contributed by atoms with E-state index < -0.39 is 12.0 Å². The molecular weight excluding hydrogens is 452 g/mol. The Morgan fingerprint density at radius 3 is 2.67 bits per heavy atom. The molecule has 7 nitrogen and oxygen atoms in total. The number of carboxylic acids is 1. The van der Waals surface area contributed by atoms with Crippen molar-refractivity contribution < 1.29 is 14.7 Å². The van der Waals surface area contributed by atoms with Crippen molar-refractivity contribution in [3.63, 3.8) is 0 Å². The van der Waals surface area contributed by atoms with Crippen LogP contribution in [0, 0.1) is 11.3 Å². The highest BCUT2D eigenvalue weighted by atomic mass is 16.4. The number of carbonyl (C=O) groups is 2. The minimum absolute atomic E-state index is 0.0999. The molecule has 1 aliphatic heterocycles. The van der Waals surface area contributed by atoms with Crippen molar-refractivity contribution in [2.45, 2.75) is 109 Å². The number of aromatic nitrogens is 1. The number of carbonyl (C=O) groups excluding carboxylic acids is 1. The number of anilines is 1. The van der Waals surface area contributed by atoms with Crippen molar-refractivity contribution >= 4 is 17.7 Å². The molecule has 0 aromatic carbocycles. The number of amides is 1. The van der Waals surface area contributed by atoms with Crippen LogP contribution in [0.25, 0.3) is 0 Å². The highest BCUT2D eigenvalue weighted by Gasteiger charge is 2.31. The number of aryl methyl sites for hydroxylation is 2. The molecule has 3 N–H and O–H groups in total. The molecular formula is C29H46N4O3. The predicted octanol–water partition coefficient (Wildman–Crippen LogP) is 4.79. The number of pyridine rings is 1. The number of hydrogen-bond acceptors (Lipinski definition) is 5. The van der Waals surface area contributed by atoms with Crippen molar-refractivity contribution in [3.8, 4) is 0 Å². The van der Waals surface area contributed by atoms with Crippen LogP contribution in [-0.4, -0.2) is 58.6 Å². The van der Waals surface area contributed by atoms with Crippen molar-refractivity contribution in [3.05, 3.63) is 23.4 Å². The van der Waals surface area contributed by atoms with Gasteiger partial charge in [-0.3, -0.25) is 4.79 Å². The Morgan fingerprint density at radius 1 is 1.17 bits per heavy atom. The maximum Gasteiger partial charge on any atom is 0.326 e. The van der Waals surface area contributed by atoms with Gasteiger partial charge in [0.15, 0.2) is 0 Å². The van der Waals surface area contributed by atoms with Crippen molar-refractivity contribution in [1.29, 1.82) is 0 Å². The van der Waals surface area contributed by atoms with Crippen LogP contribution < -0.4 is 10.6 Å². The van der Waals surface area contributed by atoms with E-state index >= 15 is 0 Å². The minimum atomic E-state index is -0.920. The van der Waals surface area contributed by atoms with Gasteiger partial charge in [0, 0.05) is 31.2 Å². The first-order valence-electron chi connectivity index (χ1n) is 14.3. The summed E-state index contributed by atoms with van der Waals surface area (Å²) in [6.45, 7) is 7.29. The first kappa shape index (κ1) is 26.9. The number of nitrogens with zero attached hydrogens (tertiary/aromatic N) is 2. The smallest absolute Gasteiger partial charge is 0.326 e. The normalized spacial score (nSPS) is 20.4. The molecule has 7 heteroatoms. The molecule has 0 saturated heterocycles. The van der Waals surface area contributed by atoms with E-state index in [2.05, 4.69) is 41.5 Å². The SMILES string of the molecule is CC1(C)CCC(CC(=O)NC(CCN(CCCCc2ccc3c(n2)NCCC3)C2CC2)C(=O)O)CC1. The van der Waals surface area contributed by atoms with Gasteiger partial charge in [-0.05, 0) is 107 Å². The Labute approximate surface area is 216 Å². The summed E-state index contributed by atoms with van der Waals surface area (Å²) in [4.78, 5) is 31.7. The summed E-state index contributed by atoms with van der Waals surface area (Å²) in [5.74, 6) is 0.427. The maximum atomic E-state index is 12.6. The average Bonchev–Trinajstić information content (AvgIpc) is 3.69. The number of nitrogens with one attached hydrogen (secondary N) is 2. The maximum absolute atomic E-state index is 12.6. The first-order chi connectivity index (χ1) is 17.3. The summed E-state index contributed by atoms with van der Waals surface area (Å²) in [5.41, 5.74) is 2.85. The highest BCUT2D eigenvalue weighted by molar-refractivity contribution is 5.83. The highest BCUT2D eigenvalue weighted by Crippen LogP contribution is 2.39. The fraction of sp³-hybridized carbons (Fsp3) is 0.759. The summed E-state index contributed by atoms with van der Waals surface area (Å²) >= 11 is 0. The summed E-state index contributed by atoms with van der Waals surface area (Å²) in [6.07, 6.45) is 13.1. The van der Waals surface area contributed by atoms with Crippen LogP contribution >= 0.6 is 0 Å². The fourth-order valence-electron chi connectivity index (χ4n) is 5.78. The summed E-state index contributed by atoms with van der Waals surface area (Å²) in [6, 6.07) is 4.16. The monoisotopic (exact) mass is 498 g/mol. The Bertz CT molecular complexity index is 889. The molecule has 0 spiro atoms. The molecule has 0 bridgehead atoms. The average molecular weight is 499 g/mol. The number of aliphatic carboxylic acids is 1. The Morgan fingerprint density at radius 2 is 1.94 bits per heavy atom. The lowest BCUT2D eigenvalue weighted by Crippen LogP contribution is -2.44. The topological polar surface area (TPSA) is 94.6 Å². The molecule has 1 atom stereocenters. The predicted molar refractivity (Wildman–Crippen MR) is 143 cm³/mol. The van der Waals surface area contributed by atoms with Gasteiger partial charge in [-0.1, -0.05) is 19.9 Å². The fourth-order valence-corrected chi connectivity index (χ4v) is 5.78. The third-order valence-electron chi connectivity index (χ3n) is 8.41. The first-order valence-corrected chi connectivity index (χ1v) is 14.3. The molecule has 2 fully saturated rings. The van der Waals surface area contributed by atoms with Crippen LogP contribution in [0.15, 0.2) is 12.1 Å². The molecule has 1 amide bonds. The molecule has 3 aliphatic rings. The lowest BCUT2D eigenvalue weighted by molar-refractivity contribution is -0.142. The van der Waals surface area contributed by atoms with Gasteiger partial charge in [-0.25, -0.2) is 9.78 Å². The summed E-state index contributed by atoms with van der Waals surface area (Å²) in [5, 5.41) is 16.0. The molecule has 2 saturated carbocycles. The van der Waals surface area contributed by atoms with Gasteiger partial charge in [0.05, 0.1) is 0 Å². The van der Waals surface area contributed by atoms with Gasteiger partial charge in [0.2, 0.25) is 5.91 Å².